The summed E-state index contributed by atoms with van der Waals surface area (Å²) in [5.41, 5.74) is 0.792. The molecule has 4 nitrogen and oxygen atoms in total. The molecule has 48 valence electrons. The van der Waals surface area contributed by atoms with E-state index in [2.05, 4.69) is 10.3 Å². The van der Waals surface area contributed by atoms with E-state index >= 15 is 0 Å². The molecule has 9 heavy (non-hydrogen) atoms. The van der Waals surface area contributed by atoms with E-state index in [4.69, 9.17) is 5.21 Å². The van der Waals surface area contributed by atoms with Gasteiger partial charge in [-0.05, 0) is 0 Å². The summed E-state index contributed by atoms with van der Waals surface area (Å²) in [6.45, 7) is 0. The average Bonchev–Trinajstić information content (AvgIpc) is 2.17. The summed E-state index contributed by atoms with van der Waals surface area (Å²) in [6, 6.07) is 0. The topological polar surface area (TPSA) is 50.4 Å². The van der Waals surface area contributed by atoms with Gasteiger partial charge < -0.3 is 5.21 Å². The first kappa shape index (κ1) is 5.81. The molecule has 0 radical (unpaired) electrons. The van der Waals surface area contributed by atoms with Crippen molar-refractivity contribution in [1.82, 2.24) is 9.78 Å². The summed E-state index contributed by atoms with van der Waals surface area (Å²) in [5.74, 6) is 0. The van der Waals surface area contributed by atoms with Crippen molar-refractivity contribution in [1.29, 1.82) is 0 Å². The highest BCUT2D eigenvalue weighted by atomic mass is 16.4. The molecule has 0 atom stereocenters. The van der Waals surface area contributed by atoms with Crippen LogP contribution in [0.1, 0.15) is 5.56 Å². The zero-order chi connectivity index (χ0) is 6.69. The second kappa shape index (κ2) is 2.30. The summed E-state index contributed by atoms with van der Waals surface area (Å²) in [7, 11) is 1.80. The smallest absolute Gasteiger partial charge is 0.0765 e. The minimum atomic E-state index is 0.792. The first-order chi connectivity index (χ1) is 4.33. The lowest BCUT2D eigenvalue weighted by Crippen LogP contribution is -1.84. The SMILES string of the molecule is Cn1cc(/C=N/O)cn1. The van der Waals surface area contributed by atoms with E-state index in [1.807, 2.05) is 0 Å². The Morgan fingerprint density at radius 3 is 3.11 bits per heavy atom. The second-order valence-electron chi connectivity index (χ2n) is 1.69. The van der Waals surface area contributed by atoms with Gasteiger partial charge in [0.1, 0.15) is 0 Å². The van der Waals surface area contributed by atoms with Crippen molar-refractivity contribution in [3.63, 3.8) is 0 Å². The first-order valence-electron chi connectivity index (χ1n) is 2.49. The molecule has 1 heterocycles. The molecule has 0 bridgehead atoms. The van der Waals surface area contributed by atoms with Gasteiger partial charge in [0.15, 0.2) is 0 Å². The van der Waals surface area contributed by atoms with E-state index in [0.29, 0.717) is 0 Å². The molecule has 0 aliphatic rings. The predicted octanol–water partition coefficient (Wildman–Crippen LogP) is 0.228. The summed E-state index contributed by atoms with van der Waals surface area (Å²) < 4.78 is 1.64. The van der Waals surface area contributed by atoms with Crippen LogP contribution in [0.2, 0.25) is 0 Å². The molecular weight excluding hydrogens is 118 g/mol. The van der Waals surface area contributed by atoms with E-state index in [1.165, 1.54) is 6.21 Å². The molecule has 0 unspecified atom stereocenters. The molecular formula is C5H7N3O. The fraction of sp³-hybridized carbons (Fsp3) is 0.200. The Morgan fingerprint density at radius 2 is 2.67 bits per heavy atom. The van der Waals surface area contributed by atoms with Gasteiger partial charge in [0, 0.05) is 18.8 Å². The normalized spacial score (nSPS) is 10.8. The van der Waals surface area contributed by atoms with Crippen molar-refractivity contribution in [2.75, 3.05) is 0 Å². The highest BCUT2D eigenvalue weighted by Crippen LogP contribution is 1.89. The maximum atomic E-state index is 8.06. The Hall–Kier alpha value is -1.32. The van der Waals surface area contributed by atoms with Gasteiger partial charge in [-0.25, -0.2) is 0 Å². The summed E-state index contributed by atoms with van der Waals surface area (Å²) in [5, 5.41) is 14.8. The Balaban J connectivity index is 2.85. The van der Waals surface area contributed by atoms with E-state index in [-0.39, 0.29) is 0 Å². The quantitative estimate of drug-likeness (QED) is 0.332. The first-order valence-corrected chi connectivity index (χ1v) is 2.49. The van der Waals surface area contributed by atoms with Crippen LogP contribution in [-0.2, 0) is 7.05 Å². The molecule has 4 heteroatoms. The summed E-state index contributed by atoms with van der Waals surface area (Å²) >= 11 is 0. The lowest BCUT2D eigenvalue weighted by Gasteiger charge is -1.79. The van der Waals surface area contributed by atoms with E-state index in [1.54, 1.807) is 24.1 Å². The molecule has 0 aliphatic carbocycles. The number of hydrogen-bond acceptors (Lipinski definition) is 3. The molecule has 0 amide bonds. The molecule has 1 N–H and O–H groups in total. The molecule has 1 aromatic heterocycles. The standard InChI is InChI=1S/C5H7N3O/c1-8-4-5(2-6-8)3-7-9/h2-4,9H,1H3/b7-3+. The van der Waals surface area contributed by atoms with Gasteiger partial charge in [0.05, 0.1) is 12.4 Å². The van der Waals surface area contributed by atoms with Crippen molar-refractivity contribution in [2.45, 2.75) is 0 Å². The Labute approximate surface area is 52.4 Å². The molecule has 1 rings (SSSR count). The predicted molar refractivity (Wildman–Crippen MR) is 32.6 cm³/mol. The van der Waals surface area contributed by atoms with Crippen molar-refractivity contribution >= 4 is 6.21 Å². The van der Waals surface area contributed by atoms with Gasteiger partial charge in [-0.3, -0.25) is 4.68 Å². The lowest BCUT2D eigenvalue weighted by atomic mass is 10.4. The van der Waals surface area contributed by atoms with Gasteiger partial charge in [0.2, 0.25) is 0 Å². The van der Waals surface area contributed by atoms with Crippen LogP contribution < -0.4 is 0 Å². The fourth-order valence-electron chi connectivity index (χ4n) is 0.573. The number of rotatable bonds is 1. The van der Waals surface area contributed by atoms with Crippen LogP contribution in [0.3, 0.4) is 0 Å². The highest BCUT2D eigenvalue weighted by Gasteiger charge is 1.88. The Morgan fingerprint density at radius 1 is 1.89 bits per heavy atom. The number of oxime groups is 1. The van der Waals surface area contributed by atoms with Gasteiger partial charge in [0.25, 0.3) is 0 Å². The van der Waals surface area contributed by atoms with Crippen LogP contribution in [0.5, 0.6) is 0 Å². The zero-order valence-corrected chi connectivity index (χ0v) is 5.02. The maximum absolute atomic E-state index is 8.06. The van der Waals surface area contributed by atoms with Crippen LogP contribution in [0.25, 0.3) is 0 Å². The molecule has 0 aliphatic heterocycles. The minimum Gasteiger partial charge on any atom is -0.411 e. The third-order valence-electron chi connectivity index (χ3n) is 0.932. The third-order valence-corrected chi connectivity index (χ3v) is 0.932. The minimum absolute atomic E-state index is 0.792. The van der Waals surface area contributed by atoms with E-state index in [0.717, 1.165) is 5.56 Å². The monoisotopic (exact) mass is 125 g/mol. The molecule has 0 saturated carbocycles. The molecule has 0 fully saturated rings. The zero-order valence-electron chi connectivity index (χ0n) is 5.02. The Bertz CT molecular complexity index is 216. The van der Waals surface area contributed by atoms with Gasteiger partial charge in [-0.2, -0.15) is 5.10 Å². The van der Waals surface area contributed by atoms with Gasteiger partial charge >= 0.3 is 0 Å². The number of hydrogen-bond donors (Lipinski definition) is 1. The fourth-order valence-corrected chi connectivity index (χ4v) is 0.573. The van der Waals surface area contributed by atoms with Crippen molar-refractivity contribution in [2.24, 2.45) is 12.2 Å². The summed E-state index contributed by atoms with van der Waals surface area (Å²) in [4.78, 5) is 0. The van der Waals surface area contributed by atoms with Crippen LogP contribution in [0.15, 0.2) is 17.5 Å². The van der Waals surface area contributed by atoms with Crippen molar-refractivity contribution in [3.8, 4) is 0 Å². The number of aromatic nitrogens is 2. The molecule has 0 aromatic carbocycles. The number of nitrogens with zero attached hydrogens (tertiary/aromatic N) is 3. The molecule has 1 aromatic rings. The van der Waals surface area contributed by atoms with E-state index < -0.39 is 0 Å². The van der Waals surface area contributed by atoms with Crippen LogP contribution in [0.4, 0.5) is 0 Å². The molecule has 0 spiro atoms. The summed E-state index contributed by atoms with van der Waals surface area (Å²) in [6.07, 6.45) is 4.69. The largest absolute Gasteiger partial charge is 0.411 e. The van der Waals surface area contributed by atoms with E-state index in [9.17, 15) is 0 Å². The van der Waals surface area contributed by atoms with Crippen LogP contribution in [0, 0.1) is 0 Å². The average molecular weight is 125 g/mol. The van der Waals surface area contributed by atoms with Gasteiger partial charge in [-0.1, -0.05) is 5.16 Å². The van der Waals surface area contributed by atoms with Crippen molar-refractivity contribution in [3.05, 3.63) is 18.0 Å². The van der Waals surface area contributed by atoms with Crippen molar-refractivity contribution < 1.29 is 5.21 Å². The Kier molecular flexibility index (Phi) is 1.48. The van der Waals surface area contributed by atoms with Gasteiger partial charge in [-0.15, -0.1) is 0 Å². The lowest BCUT2D eigenvalue weighted by molar-refractivity contribution is 0.322. The maximum Gasteiger partial charge on any atom is 0.0765 e. The molecule has 0 saturated heterocycles. The number of aryl methyl sites for hydroxylation is 1. The third kappa shape index (κ3) is 1.28. The highest BCUT2D eigenvalue weighted by molar-refractivity contribution is 5.77. The van der Waals surface area contributed by atoms with Crippen LogP contribution >= 0.6 is 0 Å². The van der Waals surface area contributed by atoms with Crippen LogP contribution in [-0.4, -0.2) is 21.2 Å². The second-order valence-corrected chi connectivity index (χ2v) is 1.69.